The van der Waals surface area contributed by atoms with Gasteiger partial charge in [-0.1, -0.05) is 169 Å². The molecule has 2 aromatic heterocycles. The van der Waals surface area contributed by atoms with E-state index in [0.717, 1.165) is 66.0 Å². The lowest BCUT2D eigenvalue weighted by atomic mass is 9.86. The number of carbonyl (C=O) groups excluding carboxylic acids is 2. The third-order valence-corrected chi connectivity index (χ3v) is 13.2. The van der Waals surface area contributed by atoms with Gasteiger partial charge in [-0.15, -0.1) is 0 Å². The minimum absolute atomic E-state index is 0.122. The number of aromatic nitrogens is 2. The number of hydrogen-bond acceptors (Lipinski definition) is 3. The maximum Gasteiger partial charge on any atom is 0.266 e. The lowest BCUT2D eigenvalue weighted by Gasteiger charge is -2.23. The van der Waals surface area contributed by atoms with Crippen molar-refractivity contribution in [2.45, 2.75) is 52.4 Å². The average Bonchev–Trinajstić information content (AvgIpc) is 3.91. The van der Waals surface area contributed by atoms with E-state index < -0.39 is 5.91 Å². The molecule has 6 nitrogen and oxygen atoms in total. The Morgan fingerprint density at radius 2 is 0.954 bits per heavy atom. The van der Waals surface area contributed by atoms with E-state index in [1.165, 1.54) is 10.5 Å². The van der Waals surface area contributed by atoms with Gasteiger partial charge in [0, 0.05) is 32.7 Å². The number of carbonyl (C=O) groups is 2. The topological polar surface area (TPSA) is 71.0 Å². The largest absolute Gasteiger partial charge is 0.308 e. The van der Waals surface area contributed by atoms with Crippen molar-refractivity contribution in [2.75, 3.05) is 4.90 Å². The molecule has 11 rings (SSSR count). The molecule has 0 radical (unpaired) electrons. The molecular formula is C59H46N4O2. The molecule has 0 fully saturated rings. The first-order valence-corrected chi connectivity index (χ1v) is 22.2. The maximum absolute atomic E-state index is 15.2. The second-order valence-electron chi connectivity index (χ2n) is 19.2. The van der Waals surface area contributed by atoms with E-state index in [9.17, 15) is 10.1 Å². The first-order chi connectivity index (χ1) is 31.3. The molecule has 0 saturated heterocycles. The molecule has 0 bridgehead atoms. The van der Waals surface area contributed by atoms with Crippen LogP contribution in [0, 0.1) is 11.3 Å². The van der Waals surface area contributed by atoms with Crippen molar-refractivity contribution in [3.8, 4) is 39.7 Å². The molecule has 1 aliphatic heterocycles. The monoisotopic (exact) mass is 842 g/mol. The van der Waals surface area contributed by atoms with Crippen LogP contribution < -0.4 is 4.90 Å². The van der Waals surface area contributed by atoms with Gasteiger partial charge in [0.15, 0.2) is 0 Å². The SMILES string of the molecule is CC(C)(C)c1ccc2c3ccccc3n(-c3ccc(-c4cccc5c4C(=O)N(c4ccccc4-c4ccccc4)C5=O)c(-n4c5ccccc5c5ccc(C(C)(C)C)cc54)c3C#N)c2c1. The van der Waals surface area contributed by atoms with Crippen LogP contribution in [0.3, 0.4) is 0 Å². The minimum atomic E-state index is -0.410. The highest BCUT2D eigenvalue weighted by Crippen LogP contribution is 2.46. The molecule has 0 saturated carbocycles. The van der Waals surface area contributed by atoms with Crippen molar-refractivity contribution in [1.29, 1.82) is 5.26 Å². The van der Waals surface area contributed by atoms with E-state index in [0.29, 0.717) is 39.2 Å². The van der Waals surface area contributed by atoms with Crippen LogP contribution in [0.1, 0.15) is 78.9 Å². The summed E-state index contributed by atoms with van der Waals surface area (Å²) in [5, 5.41) is 16.1. The molecule has 0 unspecified atom stereocenters. The number of hydrogen-bond donors (Lipinski definition) is 0. The Morgan fingerprint density at radius 1 is 0.431 bits per heavy atom. The number of amides is 2. The van der Waals surface area contributed by atoms with Gasteiger partial charge in [-0.3, -0.25) is 9.59 Å². The molecular weight excluding hydrogens is 797 g/mol. The number of nitriles is 1. The van der Waals surface area contributed by atoms with Gasteiger partial charge in [-0.2, -0.15) is 5.26 Å². The molecule has 0 aliphatic carbocycles. The number of imide groups is 1. The highest BCUT2D eigenvalue weighted by atomic mass is 16.2. The molecule has 8 aromatic carbocycles. The highest BCUT2D eigenvalue weighted by Gasteiger charge is 2.40. The number of rotatable bonds is 5. The van der Waals surface area contributed by atoms with Gasteiger partial charge in [-0.05, 0) is 75.5 Å². The van der Waals surface area contributed by atoms with Crippen molar-refractivity contribution in [2.24, 2.45) is 0 Å². The zero-order chi connectivity index (χ0) is 44.9. The highest BCUT2D eigenvalue weighted by molar-refractivity contribution is 6.37. The van der Waals surface area contributed by atoms with Crippen molar-refractivity contribution in [3.05, 3.63) is 198 Å². The fraction of sp³-hybridized carbons (Fsp3) is 0.136. The van der Waals surface area contributed by atoms with Crippen LogP contribution in [0.4, 0.5) is 5.69 Å². The third kappa shape index (κ3) is 6.07. The number of para-hydroxylation sites is 3. The standard InChI is InChI=1S/C59H46N4O2/c1-58(2,3)37-27-29-42-40-20-11-14-25-49(40)61(52(42)33-37)51-32-31-45(55(47(51)35-60)62-50-26-15-12-21-41(50)43-30-28-38(34-53(43)62)59(4,5)6)44-22-16-23-46-54(44)57(65)63(56(46)64)48-24-13-10-19-39(48)36-17-8-7-9-18-36/h7-34H,1-6H3. The number of nitrogens with zero attached hydrogens (tertiary/aromatic N) is 4. The Bertz CT molecular complexity index is 3680. The summed E-state index contributed by atoms with van der Waals surface area (Å²) in [6, 6.07) is 59.7. The van der Waals surface area contributed by atoms with Crippen molar-refractivity contribution in [3.63, 3.8) is 0 Å². The second kappa shape index (κ2) is 14.5. The van der Waals surface area contributed by atoms with Gasteiger partial charge in [0.1, 0.15) is 11.6 Å². The van der Waals surface area contributed by atoms with Crippen molar-refractivity contribution < 1.29 is 9.59 Å². The summed E-state index contributed by atoms with van der Waals surface area (Å²) >= 11 is 0. The van der Waals surface area contributed by atoms with Crippen LogP contribution in [0.5, 0.6) is 0 Å². The Hall–Kier alpha value is -8.01. The summed E-state index contributed by atoms with van der Waals surface area (Å²) in [7, 11) is 0. The van der Waals surface area contributed by atoms with Gasteiger partial charge in [0.05, 0.1) is 50.3 Å². The molecule has 1 aliphatic rings. The molecule has 3 heterocycles. The third-order valence-electron chi connectivity index (χ3n) is 13.2. The summed E-state index contributed by atoms with van der Waals surface area (Å²) in [5.74, 6) is -0.799. The van der Waals surface area contributed by atoms with Gasteiger partial charge in [-0.25, -0.2) is 4.90 Å². The van der Waals surface area contributed by atoms with Gasteiger partial charge < -0.3 is 9.13 Å². The summed E-state index contributed by atoms with van der Waals surface area (Å²) in [6.07, 6.45) is 0. The summed E-state index contributed by atoms with van der Waals surface area (Å²) in [6.45, 7) is 13.3. The number of benzene rings is 8. The van der Waals surface area contributed by atoms with Gasteiger partial charge >= 0.3 is 0 Å². The molecule has 10 aromatic rings. The van der Waals surface area contributed by atoms with E-state index in [2.05, 4.69) is 123 Å². The molecule has 65 heavy (non-hydrogen) atoms. The first kappa shape index (κ1) is 39.8. The lowest BCUT2D eigenvalue weighted by molar-refractivity contribution is 0.0926. The Kier molecular flexibility index (Phi) is 8.89. The normalized spacial score (nSPS) is 13.1. The molecule has 0 atom stereocenters. The second-order valence-corrected chi connectivity index (χ2v) is 19.2. The number of fused-ring (bicyclic) bond motifs is 7. The van der Waals surface area contributed by atoms with Crippen LogP contribution in [0.2, 0.25) is 0 Å². The fourth-order valence-electron chi connectivity index (χ4n) is 9.96. The van der Waals surface area contributed by atoms with Gasteiger partial charge in [0.25, 0.3) is 11.8 Å². The fourth-order valence-corrected chi connectivity index (χ4v) is 9.96. The van der Waals surface area contributed by atoms with Crippen LogP contribution in [0.15, 0.2) is 170 Å². The molecule has 314 valence electrons. The molecule has 6 heteroatoms. The maximum atomic E-state index is 15.2. The molecule has 0 spiro atoms. The van der Waals surface area contributed by atoms with E-state index in [1.807, 2.05) is 97.1 Å². The predicted molar refractivity (Wildman–Crippen MR) is 266 cm³/mol. The quantitative estimate of drug-likeness (QED) is 0.162. The lowest BCUT2D eigenvalue weighted by Crippen LogP contribution is -2.30. The average molecular weight is 843 g/mol. The van der Waals surface area contributed by atoms with Crippen LogP contribution in [-0.4, -0.2) is 20.9 Å². The van der Waals surface area contributed by atoms with E-state index >= 15 is 4.79 Å². The summed E-state index contributed by atoms with van der Waals surface area (Å²) in [5.41, 5.74) is 11.8. The van der Waals surface area contributed by atoms with Gasteiger partial charge in [0.2, 0.25) is 0 Å². The van der Waals surface area contributed by atoms with E-state index in [1.54, 1.807) is 6.07 Å². The predicted octanol–water partition coefficient (Wildman–Crippen LogP) is 14.5. The van der Waals surface area contributed by atoms with Crippen LogP contribution in [-0.2, 0) is 10.8 Å². The smallest absolute Gasteiger partial charge is 0.266 e. The molecule has 2 amide bonds. The minimum Gasteiger partial charge on any atom is -0.308 e. The van der Waals surface area contributed by atoms with Crippen LogP contribution in [0.25, 0.3) is 77.2 Å². The summed E-state index contributed by atoms with van der Waals surface area (Å²) in [4.78, 5) is 31.2. The van der Waals surface area contributed by atoms with Crippen molar-refractivity contribution >= 4 is 61.1 Å². The molecule has 0 N–H and O–H groups in total. The summed E-state index contributed by atoms with van der Waals surface area (Å²) < 4.78 is 4.45. The first-order valence-electron chi connectivity index (χ1n) is 22.2. The number of anilines is 1. The van der Waals surface area contributed by atoms with E-state index in [-0.39, 0.29) is 16.7 Å². The van der Waals surface area contributed by atoms with Crippen LogP contribution >= 0.6 is 0 Å². The zero-order valence-corrected chi connectivity index (χ0v) is 37.3. The Labute approximate surface area is 378 Å². The Morgan fingerprint density at radius 3 is 1.58 bits per heavy atom. The van der Waals surface area contributed by atoms with Crippen molar-refractivity contribution in [1.82, 2.24) is 9.13 Å². The van der Waals surface area contributed by atoms with E-state index in [4.69, 9.17) is 0 Å². The zero-order valence-electron chi connectivity index (χ0n) is 37.3. The Balaban J connectivity index is 1.25.